The van der Waals surface area contributed by atoms with Crippen LogP contribution in [-0.4, -0.2) is 63.5 Å². The second-order valence-electron chi connectivity index (χ2n) is 8.67. The monoisotopic (exact) mass is 490 g/mol. The van der Waals surface area contributed by atoms with E-state index in [9.17, 15) is 14.4 Å². The Balaban J connectivity index is 1.38. The number of primary amides is 1. The Morgan fingerprint density at radius 1 is 1.14 bits per heavy atom. The molecular formula is C25H26N6O5. The lowest BCUT2D eigenvalue weighted by Gasteiger charge is -2.26. The molecule has 1 aliphatic heterocycles. The fourth-order valence-corrected chi connectivity index (χ4v) is 4.52. The summed E-state index contributed by atoms with van der Waals surface area (Å²) in [6.45, 7) is 5.52. The van der Waals surface area contributed by atoms with Crippen molar-refractivity contribution in [2.24, 2.45) is 5.73 Å². The number of hydrogen-bond donors (Lipinski definition) is 2. The summed E-state index contributed by atoms with van der Waals surface area (Å²) < 4.78 is 12.8. The summed E-state index contributed by atoms with van der Waals surface area (Å²) in [6.07, 6.45) is 1.93. The lowest BCUT2D eigenvalue weighted by molar-refractivity contribution is -0.116. The summed E-state index contributed by atoms with van der Waals surface area (Å²) in [5.41, 5.74) is 9.25. The predicted octanol–water partition coefficient (Wildman–Crippen LogP) is 2.23. The molecule has 36 heavy (non-hydrogen) atoms. The highest BCUT2D eigenvalue weighted by atomic mass is 16.5. The molecule has 4 heterocycles. The number of fused-ring (bicyclic) bond motifs is 2. The number of anilines is 1. The summed E-state index contributed by atoms with van der Waals surface area (Å²) in [4.78, 5) is 44.1. The van der Waals surface area contributed by atoms with E-state index in [2.05, 4.69) is 15.4 Å². The second kappa shape index (κ2) is 9.42. The van der Waals surface area contributed by atoms with Crippen LogP contribution in [0, 0.1) is 13.8 Å². The van der Waals surface area contributed by atoms with Gasteiger partial charge >= 0.3 is 0 Å². The van der Waals surface area contributed by atoms with E-state index in [0.29, 0.717) is 60.7 Å². The van der Waals surface area contributed by atoms with Gasteiger partial charge in [-0.05, 0) is 38.0 Å². The molecule has 11 heteroatoms. The van der Waals surface area contributed by atoms with Crippen molar-refractivity contribution < 1.29 is 23.5 Å². The van der Waals surface area contributed by atoms with Crippen molar-refractivity contribution in [3.8, 4) is 0 Å². The average molecular weight is 491 g/mol. The van der Waals surface area contributed by atoms with Crippen molar-refractivity contribution in [2.75, 3.05) is 31.6 Å². The van der Waals surface area contributed by atoms with E-state index < -0.39 is 5.91 Å². The fourth-order valence-electron chi connectivity index (χ4n) is 4.52. The normalized spacial score (nSPS) is 13.9. The van der Waals surface area contributed by atoms with Crippen LogP contribution in [0.5, 0.6) is 0 Å². The molecule has 3 N–H and O–H groups in total. The van der Waals surface area contributed by atoms with Crippen LogP contribution in [0.2, 0.25) is 0 Å². The summed E-state index contributed by atoms with van der Waals surface area (Å²) in [5, 5.41) is 7.79. The molecule has 0 atom stereocenters. The maximum Gasteiger partial charge on any atom is 0.291 e. The predicted molar refractivity (Wildman–Crippen MR) is 131 cm³/mol. The van der Waals surface area contributed by atoms with Crippen molar-refractivity contribution in [3.05, 3.63) is 58.7 Å². The van der Waals surface area contributed by atoms with Crippen molar-refractivity contribution >= 4 is 40.0 Å². The number of morpholine rings is 1. The van der Waals surface area contributed by atoms with Crippen LogP contribution in [0.3, 0.4) is 0 Å². The number of nitrogens with zero attached hydrogens (tertiary/aromatic N) is 4. The van der Waals surface area contributed by atoms with Crippen molar-refractivity contribution in [1.82, 2.24) is 19.5 Å². The molecule has 0 aliphatic carbocycles. The van der Waals surface area contributed by atoms with Gasteiger partial charge in [-0.25, -0.2) is 9.50 Å². The maximum absolute atomic E-state index is 13.2. The Morgan fingerprint density at radius 3 is 2.64 bits per heavy atom. The van der Waals surface area contributed by atoms with Gasteiger partial charge < -0.3 is 25.1 Å². The number of aromatic nitrogens is 3. The fraction of sp³-hybridized carbons (Fsp3) is 0.320. The van der Waals surface area contributed by atoms with Crippen LogP contribution < -0.4 is 11.1 Å². The number of carbonyl (C=O) groups excluding carboxylic acids is 3. The number of aryl methyl sites for hydroxylation is 2. The number of nitrogens with one attached hydrogen (secondary N) is 1. The van der Waals surface area contributed by atoms with Gasteiger partial charge in [0.25, 0.3) is 11.8 Å². The summed E-state index contributed by atoms with van der Waals surface area (Å²) >= 11 is 0. The van der Waals surface area contributed by atoms with Gasteiger partial charge in [0.2, 0.25) is 11.7 Å². The molecule has 3 amide bonds. The SMILES string of the molecule is Cc1nc2c(C(N)=O)cnn2c(C)c1CCC(=O)Nc1c(C(=O)N2CCOCC2)oc2ccccc12. The van der Waals surface area contributed by atoms with Gasteiger partial charge in [-0.3, -0.25) is 14.4 Å². The third-order valence-electron chi connectivity index (χ3n) is 6.43. The Labute approximate surface area is 206 Å². The highest BCUT2D eigenvalue weighted by Crippen LogP contribution is 2.32. The number of ether oxygens (including phenoxy) is 1. The van der Waals surface area contributed by atoms with E-state index in [-0.39, 0.29) is 29.6 Å². The average Bonchev–Trinajstić information content (AvgIpc) is 3.46. The highest BCUT2D eigenvalue weighted by molar-refractivity contribution is 6.10. The quantitative estimate of drug-likeness (QED) is 0.422. The number of nitrogens with two attached hydrogens (primary N) is 1. The van der Waals surface area contributed by atoms with Crippen molar-refractivity contribution in [1.29, 1.82) is 0 Å². The van der Waals surface area contributed by atoms with E-state index in [1.807, 2.05) is 32.0 Å². The molecule has 0 spiro atoms. The number of amides is 3. The molecule has 1 fully saturated rings. The Hall–Kier alpha value is -4.25. The van der Waals surface area contributed by atoms with Gasteiger partial charge in [0.1, 0.15) is 16.8 Å². The molecule has 0 unspecified atom stereocenters. The Bertz CT molecular complexity index is 1500. The number of furan rings is 1. The summed E-state index contributed by atoms with van der Waals surface area (Å²) in [6, 6.07) is 7.21. The maximum atomic E-state index is 13.2. The third-order valence-corrected chi connectivity index (χ3v) is 6.43. The van der Waals surface area contributed by atoms with E-state index in [1.54, 1.807) is 15.5 Å². The molecule has 1 saturated heterocycles. The van der Waals surface area contributed by atoms with Crippen LogP contribution >= 0.6 is 0 Å². The van der Waals surface area contributed by atoms with E-state index in [0.717, 1.165) is 11.3 Å². The van der Waals surface area contributed by atoms with E-state index in [1.165, 1.54) is 6.20 Å². The zero-order valence-electron chi connectivity index (χ0n) is 20.0. The van der Waals surface area contributed by atoms with E-state index in [4.69, 9.17) is 14.9 Å². The lowest BCUT2D eigenvalue weighted by Crippen LogP contribution is -2.40. The van der Waals surface area contributed by atoms with Crippen LogP contribution in [0.25, 0.3) is 16.6 Å². The molecule has 0 bridgehead atoms. The van der Waals surface area contributed by atoms with Gasteiger partial charge in [0.15, 0.2) is 5.65 Å². The molecule has 4 aromatic rings. The first-order chi connectivity index (χ1) is 17.3. The van der Waals surface area contributed by atoms with Crippen LogP contribution in [0.1, 0.15) is 44.3 Å². The number of benzene rings is 1. The second-order valence-corrected chi connectivity index (χ2v) is 8.67. The van der Waals surface area contributed by atoms with Gasteiger partial charge in [0, 0.05) is 36.3 Å². The van der Waals surface area contributed by atoms with Crippen molar-refractivity contribution in [3.63, 3.8) is 0 Å². The topological polar surface area (TPSA) is 145 Å². The van der Waals surface area contributed by atoms with Gasteiger partial charge in [-0.2, -0.15) is 5.10 Å². The zero-order chi connectivity index (χ0) is 25.4. The largest absolute Gasteiger partial charge is 0.449 e. The third kappa shape index (κ3) is 4.17. The van der Waals surface area contributed by atoms with Gasteiger partial charge in [-0.15, -0.1) is 0 Å². The van der Waals surface area contributed by atoms with E-state index >= 15 is 0 Å². The molecule has 0 radical (unpaired) electrons. The molecule has 3 aromatic heterocycles. The smallest absolute Gasteiger partial charge is 0.291 e. The minimum absolute atomic E-state index is 0.109. The minimum Gasteiger partial charge on any atom is -0.449 e. The molecular weight excluding hydrogens is 464 g/mol. The first-order valence-electron chi connectivity index (χ1n) is 11.7. The van der Waals surface area contributed by atoms with Crippen LogP contribution in [-0.2, 0) is 16.0 Å². The number of para-hydroxylation sites is 1. The number of hydrogen-bond acceptors (Lipinski definition) is 7. The Kier molecular flexibility index (Phi) is 6.15. The van der Waals surface area contributed by atoms with Gasteiger partial charge in [-0.1, -0.05) is 12.1 Å². The number of rotatable bonds is 6. The summed E-state index contributed by atoms with van der Waals surface area (Å²) in [7, 11) is 0. The molecule has 0 saturated carbocycles. The minimum atomic E-state index is -0.599. The molecule has 186 valence electrons. The van der Waals surface area contributed by atoms with Crippen LogP contribution in [0.15, 0.2) is 34.9 Å². The molecule has 1 aliphatic rings. The zero-order valence-corrected chi connectivity index (χ0v) is 20.0. The number of carbonyl (C=O) groups is 3. The molecule has 11 nitrogen and oxygen atoms in total. The Morgan fingerprint density at radius 2 is 1.89 bits per heavy atom. The van der Waals surface area contributed by atoms with Crippen LogP contribution in [0.4, 0.5) is 5.69 Å². The highest BCUT2D eigenvalue weighted by Gasteiger charge is 2.27. The molecule has 5 rings (SSSR count). The van der Waals surface area contributed by atoms with Gasteiger partial charge in [0.05, 0.1) is 19.4 Å². The lowest BCUT2D eigenvalue weighted by atomic mass is 10.1. The molecule has 1 aromatic carbocycles. The standard InChI is InChI=1S/C25H26N6O5/c1-14-16(15(2)31-24(28-14)18(13-27-31)23(26)33)7-8-20(32)29-21-17-5-3-4-6-19(17)36-22(21)25(34)30-9-11-35-12-10-30/h3-6,13H,7-12H2,1-2H3,(H2,26,33)(H,29,32). The first-order valence-corrected chi connectivity index (χ1v) is 11.7. The first kappa shape index (κ1) is 23.5. The van der Waals surface area contributed by atoms with Crippen molar-refractivity contribution in [2.45, 2.75) is 26.7 Å². The summed E-state index contributed by atoms with van der Waals surface area (Å²) in [5.74, 6) is -1.04.